The van der Waals surface area contributed by atoms with Crippen LogP contribution in [0.15, 0.2) is 52.9 Å². The number of hydrogen-bond acceptors (Lipinski definition) is 6. The van der Waals surface area contributed by atoms with Crippen molar-refractivity contribution < 1.29 is 27.5 Å². The average Bonchev–Trinajstić information content (AvgIpc) is 3.14. The molecule has 1 heterocycles. The molecule has 0 bridgehead atoms. The van der Waals surface area contributed by atoms with Crippen LogP contribution in [-0.4, -0.2) is 21.9 Å². The van der Waals surface area contributed by atoms with E-state index in [2.05, 4.69) is 10.2 Å². The zero-order chi connectivity index (χ0) is 19.2. The number of ether oxygens (including phenoxy) is 1. The van der Waals surface area contributed by atoms with Gasteiger partial charge in [-0.25, -0.2) is 8.78 Å². The van der Waals surface area contributed by atoms with Crippen LogP contribution in [0.5, 0.6) is 0 Å². The molecule has 0 atom stereocenters. The predicted molar refractivity (Wildman–Crippen MR) is 89.5 cm³/mol. The fourth-order valence-electron chi connectivity index (χ4n) is 2.23. The number of rotatable bonds is 7. The number of Topliss-reactive ketones (excluding diaryl/α,β-unsaturated/α-hetero) is 1. The largest absolute Gasteiger partial charge is 0.456 e. The molecule has 0 fully saturated rings. The van der Waals surface area contributed by atoms with Crippen molar-refractivity contribution in [3.05, 3.63) is 71.6 Å². The minimum absolute atomic E-state index is 0.0604. The zero-order valence-electron chi connectivity index (χ0n) is 14.0. The third-order valence-corrected chi connectivity index (χ3v) is 3.64. The molecule has 8 heteroatoms. The Morgan fingerprint density at radius 2 is 1.52 bits per heavy atom. The summed E-state index contributed by atoms with van der Waals surface area (Å²) < 4.78 is 36.1. The van der Waals surface area contributed by atoms with Gasteiger partial charge in [-0.15, -0.1) is 10.2 Å². The van der Waals surface area contributed by atoms with Crippen molar-refractivity contribution in [1.29, 1.82) is 0 Å². The standard InChI is InChI=1S/C19H14F2N2O4/c20-14-5-1-12(2-6-14)16(24)9-10-18(25)26-11-17-22-23-19(27-17)13-3-7-15(21)8-4-13/h1-8H,9-11H2. The number of halogens is 2. The van der Waals surface area contributed by atoms with Crippen LogP contribution in [-0.2, 0) is 16.1 Å². The van der Waals surface area contributed by atoms with Crippen molar-refractivity contribution in [3.8, 4) is 11.5 Å². The molecule has 0 saturated heterocycles. The Kier molecular flexibility index (Phi) is 5.65. The number of benzene rings is 2. The maximum atomic E-state index is 12.9. The molecule has 0 aliphatic carbocycles. The van der Waals surface area contributed by atoms with Crippen LogP contribution >= 0.6 is 0 Å². The normalized spacial score (nSPS) is 10.6. The first-order valence-electron chi connectivity index (χ1n) is 8.04. The van der Waals surface area contributed by atoms with E-state index in [0.29, 0.717) is 11.1 Å². The van der Waals surface area contributed by atoms with Crippen molar-refractivity contribution in [1.82, 2.24) is 10.2 Å². The fraction of sp³-hybridized carbons (Fsp3) is 0.158. The van der Waals surface area contributed by atoms with Crippen LogP contribution in [0.4, 0.5) is 8.78 Å². The van der Waals surface area contributed by atoms with Crippen molar-refractivity contribution in [3.63, 3.8) is 0 Å². The van der Waals surface area contributed by atoms with Crippen LogP contribution in [0.3, 0.4) is 0 Å². The number of nitrogens with zero attached hydrogens (tertiary/aromatic N) is 2. The summed E-state index contributed by atoms with van der Waals surface area (Å²) in [6.45, 7) is -0.238. The maximum absolute atomic E-state index is 12.9. The number of carbonyl (C=O) groups is 2. The summed E-state index contributed by atoms with van der Waals surface area (Å²) in [6.07, 6.45) is -0.190. The molecule has 0 unspecified atom stereocenters. The Hall–Kier alpha value is -3.42. The van der Waals surface area contributed by atoms with Crippen molar-refractivity contribution in [2.75, 3.05) is 0 Å². The van der Waals surface area contributed by atoms with Gasteiger partial charge in [0.25, 0.3) is 5.89 Å². The molecule has 27 heavy (non-hydrogen) atoms. The topological polar surface area (TPSA) is 82.3 Å². The van der Waals surface area contributed by atoms with Gasteiger partial charge in [0.05, 0.1) is 6.42 Å². The first-order chi connectivity index (χ1) is 13.0. The number of aromatic nitrogens is 2. The van der Waals surface area contributed by atoms with E-state index >= 15 is 0 Å². The molecule has 0 amide bonds. The van der Waals surface area contributed by atoms with Gasteiger partial charge in [-0.2, -0.15) is 0 Å². The van der Waals surface area contributed by atoms with E-state index in [0.717, 1.165) is 0 Å². The average molecular weight is 372 g/mol. The van der Waals surface area contributed by atoms with Crippen LogP contribution < -0.4 is 0 Å². The monoisotopic (exact) mass is 372 g/mol. The highest BCUT2D eigenvalue weighted by molar-refractivity contribution is 5.97. The summed E-state index contributed by atoms with van der Waals surface area (Å²) in [5.74, 6) is -1.47. The van der Waals surface area contributed by atoms with Gasteiger partial charge in [0.1, 0.15) is 11.6 Å². The van der Waals surface area contributed by atoms with Crippen molar-refractivity contribution in [2.45, 2.75) is 19.4 Å². The summed E-state index contributed by atoms with van der Waals surface area (Å²) in [6, 6.07) is 10.6. The summed E-state index contributed by atoms with van der Waals surface area (Å²) in [7, 11) is 0. The highest BCUT2D eigenvalue weighted by Crippen LogP contribution is 2.18. The molecule has 0 spiro atoms. The molecule has 0 N–H and O–H groups in total. The molecule has 6 nitrogen and oxygen atoms in total. The number of hydrogen-bond donors (Lipinski definition) is 0. The maximum Gasteiger partial charge on any atom is 0.306 e. The highest BCUT2D eigenvalue weighted by Gasteiger charge is 2.13. The van der Waals surface area contributed by atoms with Crippen molar-refractivity contribution in [2.24, 2.45) is 0 Å². The third-order valence-electron chi connectivity index (χ3n) is 3.64. The first kappa shape index (κ1) is 18.4. The lowest BCUT2D eigenvalue weighted by molar-refractivity contribution is -0.145. The summed E-state index contributed by atoms with van der Waals surface area (Å²) in [5, 5.41) is 7.55. The van der Waals surface area contributed by atoms with Crippen LogP contribution in [0.1, 0.15) is 29.1 Å². The summed E-state index contributed by atoms with van der Waals surface area (Å²) in [5.41, 5.74) is 0.858. The van der Waals surface area contributed by atoms with Gasteiger partial charge in [0, 0.05) is 17.5 Å². The van der Waals surface area contributed by atoms with E-state index < -0.39 is 11.8 Å². The van der Waals surface area contributed by atoms with Gasteiger partial charge in [0.15, 0.2) is 12.4 Å². The molecule has 1 aromatic heterocycles. The zero-order valence-corrected chi connectivity index (χ0v) is 14.0. The fourth-order valence-corrected chi connectivity index (χ4v) is 2.23. The minimum atomic E-state index is -0.605. The van der Waals surface area contributed by atoms with Crippen LogP contribution in [0.25, 0.3) is 11.5 Å². The Morgan fingerprint density at radius 3 is 2.19 bits per heavy atom. The van der Waals surface area contributed by atoms with Gasteiger partial charge >= 0.3 is 5.97 Å². The molecule has 0 aliphatic rings. The predicted octanol–water partition coefficient (Wildman–Crippen LogP) is 3.72. The molecule has 0 aliphatic heterocycles. The lowest BCUT2D eigenvalue weighted by Crippen LogP contribution is -2.08. The molecular formula is C19H14F2N2O4. The van der Waals surface area contributed by atoms with E-state index in [9.17, 15) is 18.4 Å². The van der Waals surface area contributed by atoms with E-state index in [1.807, 2.05) is 0 Å². The van der Waals surface area contributed by atoms with E-state index in [1.165, 1.54) is 48.5 Å². The third kappa shape index (κ3) is 5.04. The SMILES string of the molecule is O=C(CCC(=O)c1ccc(F)cc1)OCc1nnc(-c2ccc(F)cc2)o1. The number of carbonyl (C=O) groups excluding carboxylic acids is 2. The molecule has 3 aromatic rings. The minimum Gasteiger partial charge on any atom is -0.456 e. The van der Waals surface area contributed by atoms with E-state index in [1.54, 1.807) is 0 Å². The molecule has 3 rings (SSSR count). The van der Waals surface area contributed by atoms with E-state index in [4.69, 9.17) is 9.15 Å². The quantitative estimate of drug-likeness (QED) is 0.464. The number of ketones is 1. The Bertz CT molecular complexity index is 937. The summed E-state index contributed by atoms with van der Waals surface area (Å²) >= 11 is 0. The Labute approximate surface area is 152 Å². The number of esters is 1. The van der Waals surface area contributed by atoms with Crippen LogP contribution in [0.2, 0.25) is 0 Å². The van der Waals surface area contributed by atoms with Crippen molar-refractivity contribution >= 4 is 11.8 Å². The van der Waals surface area contributed by atoms with Crippen LogP contribution in [0, 0.1) is 11.6 Å². The molecule has 0 radical (unpaired) electrons. The second-order valence-corrected chi connectivity index (χ2v) is 5.60. The molecular weight excluding hydrogens is 358 g/mol. The Balaban J connectivity index is 1.47. The van der Waals surface area contributed by atoms with Gasteiger partial charge < -0.3 is 9.15 Å². The van der Waals surface area contributed by atoms with Gasteiger partial charge in [-0.05, 0) is 48.5 Å². The van der Waals surface area contributed by atoms with E-state index in [-0.39, 0.29) is 42.8 Å². The molecule has 0 saturated carbocycles. The van der Waals surface area contributed by atoms with Gasteiger partial charge in [-0.3, -0.25) is 9.59 Å². The first-order valence-corrected chi connectivity index (χ1v) is 8.04. The molecule has 138 valence electrons. The lowest BCUT2D eigenvalue weighted by atomic mass is 10.1. The second-order valence-electron chi connectivity index (χ2n) is 5.60. The Morgan fingerprint density at radius 1 is 0.889 bits per heavy atom. The summed E-state index contributed by atoms with van der Waals surface area (Å²) in [4.78, 5) is 23.7. The highest BCUT2D eigenvalue weighted by atomic mass is 19.1. The smallest absolute Gasteiger partial charge is 0.306 e. The molecule has 2 aromatic carbocycles. The van der Waals surface area contributed by atoms with Gasteiger partial charge in [0.2, 0.25) is 5.89 Å². The second kappa shape index (κ2) is 8.31. The lowest BCUT2D eigenvalue weighted by Gasteiger charge is -2.02. The van der Waals surface area contributed by atoms with Gasteiger partial charge in [-0.1, -0.05) is 0 Å².